The van der Waals surface area contributed by atoms with Gasteiger partial charge in [-0.3, -0.25) is 4.79 Å². The van der Waals surface area contributed by atoms with Gasteiger partial charge < -0.3 is 36.1 Å². The Labute approximate surface area is 270 Å². The van der Waals surface area contributed by atoms with Crippen molar-refractivity contribution in [1.82, 2.24) is 4.98 Å². The molecule has 1 aromatic heterocycles. The van der Waals surface area contributed by atoms with Crippen molar-refractivity contribution in [2.75, 3.05) is 24.3 Å². The van der Waals surface area contributed by atoms with Crippen LogP contribution in [0, 0.1) is 0 Å². The molecule has 10 nitrogen and oxygen atoms in total. The van der Waals surface area contributed by atoms with Crippen molar-refractivity contribution in [3.8, 4) is 17.2 Å². The molecule has 0 radical (unpaired) electrons. The minimum atomic E-state index is -5.08. The molecular formula is C34H39F3N4O6. The maximum atomic E-state index is 13.6. The van der Waals surface area contributed by atoms with Crippen molar-refractivity contribution in [1.29, 1.82) is 0 Å². The average molecular weight is 657 g/mol. The summed E-state index contributed by atoms with van der Waals surface area (Å²) in [5.74, 6) is -1.03. The van der Waals surface area contributed by atoms with Gasteiger partial charge in [0.1, 0.15) is 17.1 Å². The summed E-state index contributed by atoms with van der Waals surface area (Å²) in [5, 5.41) is 12.3. The number of rotatable bonds is 13. The number of alkyl halides is 3. The number of ether oxygens (including phenoxy) is 3. The summed E-state index contributed by atoms with van der Waals surface area (Å²) in [6, 6.07) is 20.8. The van der Waals surface area contributed by atoms with Gasteiger partial charge in [0.15, 0.2) is 11.5 Å². The molecule has 0 aliphatic heterocycles. The van der Waals surface area contributed by atoms with Gasteiger partial charge in [0.25, 0.3) is 0 Å². The number of nitrogens with two attached hydrogens (primary N) is 2. The van der Waals surface area contributed by atoms with E-state index < -0.39 is 23.6 Å². The van der Waals surface area contributed by atoms with E-state index in [1.165, 1.54) is 0 Å². The van der Waals surface area contributed by atoms with Gasteiger partial charge in [-0.1, -0.05) is 31.2 Å². The van der Waals surface area contributed by atoms with Gasteiger partial charge >= 0.3 is 12.1 Å². The maximum absolute atomic E-state index is 13.6. The molecule has 3 aromatic carbocycles. The summed E-state index contributed by atoms with van der Waals surface area (Å²) in [6.07, 6.45) is -2.38. The number of hydrogen-bond donors (Lipinski definition) is 4. The van der Waals surface area contributed by atoms with Crippen LogP contribution in [-0.4, -0.2) is 47.5 Å². The van der Waals surface area contributed by atoms with Crippen LogP contribution in [0.25, 0.3) is 10.8 Å². The lowest BCUT2D eigenvalue weighted by Gasteiger charge is -2.34. The summed E-state index contributed by atoms with van der Waals surface area (Å²) >= 11 is 0. The third-order valence-corrected chi connectivity index (χ3v) is 6.81. The number of hydrogen-bond acceptors (Lipinski definition) is 8. The van der Waals surface area contributed by atoms with E-state index >= 15 is 0 Å². The molecule has 1 amide bonds. The third kappa shape index (κ3) is 9.41. The number of amides is 1. The Kier molecular flexibility index (Phi) is 12.3. The highest BCUT2D eigenvalue weighted by molar-refractivity contribution is 5.95. The zero-order chi connectivity index (χ0) is 34.8. The molecule has 0 aliphatic carbocycles. The van der Waals surface area contributed by atoms with Gasteiger partial charge in [-0.2, -0.15) is 13.2 Å². The number of para-hydroxylation sites is 1. The van der Waals surface area contributed by atoms with E-state index in [1.807, 2.05) is 87.5 Å². The van der Waals surface area contributed by atoms with Gasteiger partial charge in [0.2, 0.25) is 5.91 Å². The van der Waals surface area contributed by atoms with Gasteiger partial charge in [-0.15, -0.1) is 0 Å². The van der Waals surface area contributed by atoms with Crippen LogP contribution in [0.1, 0.15) is 45.2 Å². The Morgan fingerprint density at radius 1 is 0.957 bits per heavy atom. The number of benzene rings is 3. The van der Waals surface area contributed by atoms with Crippen LogP contribution < -0.4 is 31.0 Å². The molecule has 252 valence electrons. The number of pyridine rings is 1. The molecule has 0 aliphatic rings. The van der Waals surface area contributed by atoms with Gasteiger partial charge in [0, 0.05) is 23.7 Å². The number of halogens is 3. The summed E-state index contributed by atoms with van der Waals surface area (Å²) < 4.78 is 49.7. The first-order chi connectivity index (χ1) is 22.2. The Morgan fingerprint density at radius 3 is 2.28 bits per heavy atom. The lowest BCUT2D eigenvalue weighted by Crippen LogP contribution is -2.49. The number of nitrogens with zero attached hydrogens (tertiary/aromatic N) is 1. The van der Waals surface area contributed by atoms with Crippen molar-refractivity contribution in [3.63, 3.8) is 0 Å². The summed E-state index contributed by atoms with van der Waals surface area (Å²) in [6.45, 7) is 8.85. The molecule has 0 saturated carbocycles. The van der Waals surface area contributed by atoms with Crippen LogP contribution >= 0.6 is 0 Å². The fraction of sp³-hybridized carbons (Fsp3) is 0.324. The van der Waals surface area contributed by atoms with Crippen molar-refractivity contribution >= 4 is 34.2 Å². The standard InChI is InChI=1S/C32H38N4O4.C2HF3O2/c1-5-17-39-27-10-8-7-9-23(27)20-32(31(34)37,24-11-14-28(40-21(3)4)29(19-24)38-6-2)36-25-12-13-26-22(18-25)15-16-35-30(26)33;3-2(4,5)1(6)7/h7-16,18-19,21,36H,5-6,17,20H2,1-4H3,(H2,33,35)(H2,34,37);(H,6,7)/t32-;/m1./s1. The van der Waals surface area contributed by atoms with Crippen molar-refractivity contribution < 1.29 is 42.1 Å². The molecule has 1 atom stereocenters. The summed E-state index contributed by atoms with van der Waals surface area (Å²) in [7, 11) is 0. The first-order valence-corrected chi connectivity index (χ1v) is 14.9. The van der Waals surface area contributed by atoms with Gasteiger partial charge in [0.05, 0.1) is 19.3 Å². The minimum absolute atomic E-state index is 0.0498. The van der Waals surface area contributed by atoms with Gasteiger partial charge in [-0.05, 0) is 86.2 Å². The number of nitrogens with one attached hydrogen (secondary N) is 1. The molecule has 47 heavy (non-hydrogen) atoms. The monoisotopic (exact) mass is 656 g/mol. The molecule has 0 unspecified atom stereocenters. The zero-order valence-corrected chi connectivity index (χ0v) is 26.6. The van der Waals surface area contributed by atoms with E-state index in [9.17, 15) is 18.0 Å². The first kappa shape index (κ1) is 36.3. The second kappa shape index (κ2) is 15.9. The number of fused-ring (bicyclic) bond motifs is 1. The average Bonchev–Trinajstić information content (AvgIpc) is 3.01. The maximum Gasteiger partial charge on any atom is 0.490 e. The van der Waals surface area contributed by atoms with E-state index in [4.69, 9.17) is 35.6 Å². The van der Waals surface area contributed by atoms with Crippen molar-refractivity contribution in [2.45, 2.75) is 58.4 Å². The fourth-order valence-electron chi connectivity index (χ4n) is 4.72. The topological polar surface area (TPSA) is 159 Å². The van der Waals surface area contributed by atoms with Crippen molar-refractivity contribution in [3.05, 3.63) is 84.1 Å². The first-order valence-electron chi connectivity index (χ1n) is 14.9. The highest BCUT2D eigenvalue weighted by Gasteiger charge is 2.41. The van der Waals surface area contributed by atoms with E-state index in [0.29, 0.717) is 47.5 Å². The normalized spacial score (nSPS) is 12.4. The van der Waals surface area contributed by atoms with Crippen LogP contribution in [0.4, 0.5) is 24.7 Å². The summed E-state index contributed by atoms with van der Waals surface area (Å²) in [5.41, 5.74) is 13.2. The number of nitrogen functional groups attached to an aromatic ring is 1. The lowest BCUT2D eigenvalue weighted by molar-refractivity contribution is -0.192. The number of aromatic nitrogens is 1. The van der Waals surface area contributed by atoms with Crippen LogP contribution in [0.5, 0.6) is 17.2 Å². The summed E-state index contributed by atoms with van der Waals surface area (Å²) in [4.78, 5) is 26.7. The molecule has 1 heterocycles. The molecule has 0 fully saturated rings. The smallest absolute Gasteiger partial charge is 0.490 e. The predicted octanol–water partition coefficient (Wildman–Crippen LogP) is 6.46. The molecule has 6 N–H and O–H groups in total. The van der Waals surface area contributed by atoms with E-state index in [0.717, 1.165) is 22.8 Å². The number of aliphatic carboxylic acids is 1. The van der Waals surface area contributed by atoms with Gasteiger partial charge in [-0.25, -0.2) is 9.78 Å². The van der Waals surface area contributed by atoms with Crippen LogP contribution in [-0.2, 0) is 21.5 Å². The molecule has 0 spiro atoms. The fourth-order valence-corrected chi connectivity index (χ4v) is 4.72. The van der Waals surface area contributed by atoms with Crippen molar-refractivity contribution in [2.24, 2.45) is 5.73 Å². The number of carboxylic acid groups (broad SMARTS) is 1. The SMILES string of the molecule is CCCOc1ccccc1C[C@](Nc1ccc2c(N)nccc2c1)(C(N)=O)c1ccc(OC(C)C)c(OCC)c1.O=C(O)C(F)(F)F. The molecule has 0 bridgehead atoms. The van der Waals surface area contributed by atoms with E-state index in [-0.39, 0.29) is 12.5 Å². The number of carbonyl (C=O) groups excluding carboxylic acids is 1. The number of anilines is 2. The minimum Gasteiger partial charge on any atom is -0.493 e. The quantitative estimate of drug-likeness (QED) is 0.127. The molecular weight excluding hydrogens is 617 g/mol. The number of primary amides is 1. The molecule has 0 saturated heterocycles. The Morgan fingerprint density at radius 2 is 1.66 bits per heavy atom. The van der Waals surface area contributed by atoms with Crippen LogP contribution in [0.15, 0.2) is 72.9 Å². The van der Waals surface area contributed by atoms with E-state index in [1.54, 1.807) is 6.20 Å². The predicted molar refractivity (Wildman–Crippen MR) is 174 cm³/mol. The highest BCUT2D eigenvalue weighted by Crippen LogP contribution is 2.39. The Hall–Kier alpha value is -5.20. The number of carbonyl (C=O) groups is 2. The second-order valence-electron chi connectivity index (χ2n) is 10.7. The van der Waals surface area contributed by atoms with Crippen LogP contribution in [0.3, 0.4) is 0 Å². The Bertz CT molecular complexity index is 1680. The number of carboxylic acids is 1. The third-order valence-electron chi connectivity index (χ3n) is 6.81. The van der Waals surface area contributed by atoms with Crippen LogP contribution in [0.2, 0.25) is 0 Å². The largest absolute Gasteiger partial charge is 0.493 e. The highest BCUT2D eigenvalue weighted by atomic mass is 19.4. The zero-order valence-electron chi connectivity index (χ0n) is 26.6. The molecule has 13 heteroatoms. The molecule has 4 rings (SSSR count). The second-order valence-corrected chi connectivity index (χ2v) is 10.7. The Balaban J connectivity index is 0.000000771. The van der Waals surface area contributed by atoms with E-state index in [2.05, 4.69) is 17.2 Å². The molecule has 4 aromatic rings. The lowest BCUT2D eigenvalue weighted by atomic mass is 9.82.